The molecule has 1 atom stereocenters. The number of Topliss-reactive ketones (excluding diaryl/α,β-unsaturated/α-hetero) is 1. The van der Waals surface area contributed by atoms with Gasteiger partial charge in [0.2, 0.25) is 0 Å². The molecule has 0 spiro atoms. The minimum absolute atomic E-state index is 0.0218. The van der Waals surface area contributed by atoms with Crippen LogP contribution in [0.1, 0.15) is 12.0 Å². The van der Waals surface area contributed by atoms with E-state index < -0.39 is 0 Å². The highest BCUT2D eigenvalue weighted by molar-refractivity contribution is 6.30. The van der Waals surface area contributed by atoms with Crippen LogP contribution in [0.4, 0.5) is 0 Å². The molecule has 0 aromatic heterocycles. The maximum absolute atomic E-state index is 12.1. The molecular formula is C14H18ClNO3. The lowest BCUT2D eigenvalue weighted by Gasteiger charge is -2.23. The predicted molar refractivity (Wildman–Crippen MR) is 73.9 cm³/mol. The Bertz CT molecular complexity index is 444. The Kier molecular flexibility index (Phi) is 5.19. The van der Waals surface area contributed by atoms with E-state index in [1.54, 1.807) is 25.3 Å². The fourth-order valence-corrected chi connectivity index (χ4v) is 2.37. The zero-order valence-electron chi connectivity index (χ0n) is 10.9. The van der Waals surface area contributed by atoms with Gasteiger partial charge in [-0.15, -0.1) is 0 Å². The summed E-state index contributed by atoms with van der Waals surface area (Å²) in [6.45, 7) is 2.25. The summed E-state index contributed by atoms with van der Waals surface area (Å²) < 4.78 is 10.8. The molecule has 1 aromatic rings. The van der Waals surface area contributed by atoms with Gasteiger partial charge in [-0.2, -0.15) is 0 Å². The van der Waals surface area contributed by atoms with Crippen LogP contribution in [-0.4, -0.2) is 38.7 Å². The van der Waals surface area contributed by atoms with Crippen LogP contribution in [0, 0.1) is 0 Å². The Morgan fingerprint density at radius 3 is 3.11 bits per heavy atom. The van der Waals surface area contributed by atoms with E-state index in [-0.39, 0.29) is 11.9 Å². The first kappa shape index (κ1) is 14.3. The summed E-state index contributed by atoms with van der Waals surface area (Å²) in [6.07, 6.45) is 0.720. The lowest BCUT2D eigenvalue weighted by molar-refractivity contribution is -0.121. The van der Waals surface area contributed by atoms with Crippen molar-refractivity contribution in [3.05, 3.63) is 28.8 Å². The van der Waals surface area contributed by atoms with Gasteiger partial charge in [0.15, 0.2) is 0 Å². The summed E-state index contributed by atoms with van der Waals surface area (Å²) in [5.41, 5.74) is 0.823. The van der Waals surface area contributed by atoms with E-state index in [1.165, 1.54) is 0 Å². The van der Waals surface area contributed by atoms with Crippen LogP contribution in [0.3, 0.4) is 0 Å². The van der Waals surface area contributed by atoms with Crippen LogP contribution >= 0.6 is 11.6 Å². The van der Waals surface area contributed by atoms with E-state index >= 15 is 0 Å². The fourth-order valence-electron chi connectivity index (χ4n) is 2.17. The molecule has 1 aliphatic rings. The number of nitrogens with one attached hydrogen (secondary N) is 1. The van der Waals surface area contributed by atoms with Gasteiger partial charge >= 0.3 is 0 Å². The number of methoxy groups -OCH3 is 1. The smallest absolute Gasteiger partial charge is 0.140 e. The third-order valence-electron chi connectivity index (χ3n) is 3.09. The summed E-state index contributed by atoms with van der Waals surface area (Å²) >= 11 is 5.95. The van der Waals surface area contributed by atoms with Crippen LogP contribution in [0.25, 0.3) is 0 Å². The van der Waals surface area contributed by atoms with Crippen molar-refractivity contribution in [2.75, 3.05) is 26.8 Å². The number of hydrogen-bond donors (Lipinski definition) is 1. The minimum Gasteiger partial charge on any atom is -0.496 e. The van der Waals surface area contributed by atoms with Gasteiger partial charge < -0.3 is 14.8 Å². The summed E-state index contributed by atoms with van der Waals surface area (Å²) in [5, 5.41) is 3.82. The van der Waals surface area contributed by atoms with Crippen molar-refractivity contribution in [3.8, 4) is 5.75 Å². The molecule has 5 heteroatoms. The molecule has 1 unspecified atom stereocenters. The summed E-state index contributed by atoms with van der Waals surface area (Å²) in [5.74, 6) is 0.828. The second-order valence-corrected chi connectivity index (χ2v) is 5.01. The van der Waals surface area contributed by atoms with E-state index in [9.17, 15) is 4.79 Å². The van der Waals surface area contributed by atoms with Gasteiger partial charge in [-0.25, -0.2) is 0 Å². The summed E-state index contributed by atoms with van der Waals surface area (Å²) in [4.78, 5) is 12.1. The highest BCUT2D eigenvalue weighted by atomic mass is 35.5. The molecule has 1 heterocycles. The zero-order valence-corrected chi connectivity index (χ0v) is 11.7. The maximum Gasteiger partial charge on any atom is 0.140 e. The first-order valence-electron chi connectivity index (χ1n) is 6.35. The zero-order chi connectivity index (χ0) is 13.7. The van der Waals surface area contributed by atoms with Gasteiger partial charge in [-0.1, -0.05) is 11.6 Å². The molecule has 0 amide bonds. The number of morpholine rings is 1. The molecule has 2 rings (SSSR count). The maximum atomic E-state index is 12.1. The molecule has 1 aliphatic heterocycles. The second kappa shape index (κ2) is 6.89. The summed E-state index contributed by atoms with van der Waals surface area (Å²) in [7, 11) is 1.59. The monoisotopic (exact) mass is 283 g/mol. The third kappa shape index (κ3) is 4.20. The molecule has 4 nitrogen and oxygen atoms in total. The molecule has 0 saturated carbocycles. The highest BCUT2D eigenvalue weighted by Crippen LogP contribution is 2.23. The van der Waals surface area contributed by atoms with Gasteiger partial charge in [0.1, 0.15) is 11.5 Å². The largest absolute Gasteiger partial charge is 0.496 e. The van der Waals surface area contributed by atoms with Crippen LogP contribution in [-0.2, 0) is 16.0 Å². The van der Waals surface area contributed by atoms with Crippen molar-refractivity contribution in [3.63, 3.8) is 0 Å². The number of hydrogen-bond acceptors (Lipinski definition) is 4. The van der Waals surface area contributed by atoms with E-state index in [2.05, 4.69) is 5.32 Å². The van der Waals surface area contributed by atoms with Gasteiger partial charge in [-0.3, -0.25) is 4.79 Å². The van der Waals surface area contributed by atoms with Crippen LogP contribution < -0.4 is 10.1 Å². The van der Waals surface area contributed by atoms with E-state index in [4.69, 9.17) is 21.1 Å². The lowest BCUT2D eigenvalue weighted by Crippen LogP contribution is -2.39. The molecule has 1 fully saturated rings. The molecule has 0 bridgehead atoms. The summed E-state index contributed by atoms with van der Waals surface area (Å²) in [6, 6.07) is 5.31. The van der Waals surface area contributed by atoms with E-state index in [0.29, 0.717) is 30.2 Å². The normalized spacial score (nSPS) is 19.2. The number of ketones is 1. The average molecular weight is 284 g/mol. The molecule has 0 radical (unpaired) electrons. The molecule has 104 valence electrons. The molecule has 1 saturated heterocycles. The number of carbonyl (C=O) groups excluding carboxylic acids is 1. The average Bonchev–Trinajstić information content (AvgIpc) is 2.40. The van der Waals surface area contributed by atoms with Crippen molar-refractivity contribution in [2.45, 2.75) is 18.9 Å². The van der Waals surface area contributed by atoms with Gasteiger partial charge in [0.25, 0.3) is 0 Å². The first-order valence-corrected chi connectivity index (χ1v) is 6.73. The van der Waals surface area contributed by atoms with E-state index in [0.717, 1.165) is 18.7 Å². The molecule has 1 N–H and O–H groups in total. The molecule has 19 heavy (non-hydrogen) atoms. The molecule has 1 aromatic carbocycles. The fraction of sp³-hybridized carbons (Fsp3) is 0.500. The minimum atomic E-state index is -0.0218. The number of benzene rings is 1. The number of carbonyl (C=O) groups is 1. The van der Waals surface area contributed by atoms with E-state index in [1.807, 2.05) is 0 Å². The second-order valence-electron chi connectivity index (χ2n) is 4.57. The highest BCUT2D eigenvalue weighted by Gasteiger charge is 2.18. The Balaban J connectivity index is 1.95. The number of rotatable bonds is 5. The van der Waals surface area contributed by atoms with Crippen LogP contribution in [0.15, 0.2) is 18.2 Å². The quantitative estimate of drug-likeness (QED) is 0.896. The Hall–Kier alpha value is -1.10. The third-order valence-corrected chi connectivity index (χ3v) is 3.32. The van der Waals surface area contributed by atoms with Gasteiger partial charge in [0.05, 0.1) is 19.8 Å². The number of ether oxygens (including phenoxy) is 2. The van der Waals surface area contributed by atoms with Crippen molar-refractivity contribution in [1.82, 2.24) is 5.32 Å². The lowest BCUT2D eigenvalue weighted by atomic mass is 10.0. The Morgan fingerprint density at radius 2 is 2.42 bits per heavy atom. The number of halogens is 1. The molecule has 0 aliphatic carbocycles. The van der Waals surface area contributed by atoms with Crippen LogP contribution in [0.5, 0.6) is 5.75 Å². The molecular weight excluding hydrogens is 266 g/mol. The van der Waals surface area contributed by atoms with Crippen molar-refractivity contribution in [2.24, 2.45) is 0 Å². The van der Waals surface area contributed by atoms with Crippen molar-refractivity contribution < 1.29 is 14.3 Å². The predicted octanol–water partition coefficient (Wildman–Crippen LogP) is 1.84. The van der Waals surface area contributed by atoms with Crippen molar-refractivity contribution >= 4 is 17.4 Å². The first-order chi connectivity index (χ1) is 9.19. The van der Waals surface area contributed by atoms with Crippen molar-refractivity contribution in [1.29, 1.82) is 0 Å². The van der Waals surface area contributed by atoms with Gasteiger partial charge in [-0.05, 0) is 18.2 Å². The Labute approximate surface area is 118 Å². The Morgan fingerprint density at radius 1 is 1.58 bits per heavy atom. The van der Waals surface area contributed by atoms with Gasteiger partial charge in [0, 0.05) is 36.5 Å². The SMILES string of the molecule is COc1ccc(Cl)cc1CC(=O)CC1CNCCO1. The topological polar surface area (TPSA) is 47.6 Å². The van der Waals surface area contributed by atoms with Crippen LogP contribution in [0.2, 0.25) is 5.02 Å². The standard InChI is InChI=1S/C14H18ClNO3/c1-18-14-3-2-11(15)6-10(14)7-12(17)8-13-9-16-4-5-19-13/h2-3,6,13,16H,4-5,7-9H2,1H3.